The van der Waals surface area contributed by atoms with Gasteiger partial charge in [0, 0.05) is 11.1 Å². The third-order valence-electron chi connectivity index (χ3n) is 2.63. The molecule has 8 nitrogen and oxygen atoms in total. The van der Waals surface area contributed by atoms with E-state index in [0.29, 0.717) is 6.61 Å². The van der Waals surface area contributed by atoms with E-state index in [1.54, 1.807) is 0 Å². The van der Waals surface area contributed by atoms with E-state index in [4.69, 9.17) is 18.9 Å². The first kappa shape index (κ1) is 18.3. The Morgan fingerprint density at radius 2 is 1.73 bits per heavy atom. The molecule has 0 aromatic heterocycles. The second-order valence-corrected chi connectivity index (χ2v) is 4.93. The first-order valence-electron chi connectivity index (χ1n) is 6.53. The summed E-state index contributed by atoms with van der Waals surface area (Å²) >= 11 is 0. The van der Waals surface area contributed by atoms with E-state index in [-0.39, 0.29) is 23.9 Å². The van der Waals surface area contributed by atoms with Gasteiger partial charge in [0.2, 0.25) is 0 Å². The van der Waals surface area contributed by atoms with Crippen molar-refractivity contribution < 1.29 is 38.7 Å². The lowest BCUT2D eigenvalue weighted by atomic mass is 10.2. The van der Waals surface area contributed by atoms with Crippen molar-refractivity contribution in [1.82, 2.24) is 0 Å². The van der Waals surface area contributed by atoms with Crippen molar-refractivity contribution in [1.29, 1.82) is 0 Å². The first-order chi connectivity index (χ1) is 10.2. The smallest absolute Gasteiger partial charge is 0.393 e. The van der Waals surface area contributed by atoms with E-state index >= 15 is 0 Å². The van der Waals surface area contributed by atoms with Gasteiger partial charge in [0.15, 0.2) is 6.10 Å². The molecule has 1 heterocycles. The molecule has 1 rings (SSSR count). The second kappa shape index (κ2) is 7.50. The Hall–Kier alpha value is -1.74. The number of carbonyl (C=O) groups is 2. The van der Waals surface area contributed by atoms with Crippen LogP contribution in [-0.4, -0.2) is 60.2 Å². The monoisotopic (exact) mass is 316 g/mol. The summed E-state index contributed by atoms with van der Waals surface area (Å²) in [5.74, 6) is -4.83. The predicted molar refractivity (Wildman–Crippen MR) is 73.3 cm³/mol. The van der Waals surface area contributed by atoms with E-state index in [1.165, 1.54) is 13.8 Å². The zero-order chi connectivity index (χ0) is 16.9. The molecule has 0 spiro atoms. The summed E-state index contributed by atoms with van der Waals surface area (Å²) in [4.78, 5) is 23.2. The van der Waals surface area contributed by atoms with Crippen LogP contribution in [0.5, 0.6) is 0 Å². The van der Waals surface area contributed by atoms with Gasteiger partial charge in [-0.05, 0) is 13.8 Å². The van der Waals surface area contributed by atoms with Crippen molar-refractivity contribution in [2.75, 3.05) is 19.8 Å². The van der Waals surface area contributed by atoms with Gasteiger partial charge < -0.3 is 29.2 Å². The number of aliphatic hydroxyl groups excluding tert-OH is 1. The van der Waals surface area contributed by atoms with Gasteiger partial charge in [-0.25, -0.2) is 9.59 Å². The molecule has 22 heavy (non-hydrogen) atoms. The van der Waals surface area contributed by atoms with Crippen molar-refractivity contribution in [3.8, 4) is 0 Å². The van der Waals surface area contributed by atoms with Crippen LogP contribution in [0.3, 0.4) is 0 Å². The largest absolute Gasteiger partial charge is 0.404 e. The highest BCUT2D eigenvalue weighted by atomic mass is 16.9. The molecule has 0 aliphatic carbocycles. The van der Waals surface area contributed by atoms with E-state index in [2.05, 4.69) is 13.2 Å². The molecule has 1 aliphatic heterocycles. The molecule has 2 N–H and O–H groups in total. The number of rotatable bonds is 9. The van der Waals surface area contributed by atoms with Gasteiger partial charge in [-0.1, -0.05) is 13.2 Å². The number of carbonyl (C=O) groups excluding carboxylic acids is 2. The van der Waals surface area contributed by atoms with Crippen molar-refractivity contribution in [3.63, 3.8) is 0 Å². The molecule has 1 fully saturated rings. The number of aliphatic hydroxyl groups is 2. The molecule has 8 heteroatoms. The fraction of sp³-hybridized carbons (Fsp3) is 0.571. The van der Waals surface area contributed by atoms with Gasteiger partial charge in [0.1, 0.15) is 6.10 Å². The lowest BCUT2D eigenvalue weighted by Crippen LogP contribution is -2.53. The zero-order valence-electron chi connectivity index (χ0n) is 12.5. The normalized spacial score (nSPS) is 18.3. The molecule has 0 saturated carbocycles. The van der Waals surface area contributed by atoms with Crippen LogP contribution in [0.25, 0.3) is 0 Å². The number of epoxide rings is 1. The minimum atomic E-state index is -2.81. The highest BCUT2D eigenvalue weighted by Crippen LogP contribution is 2.22. The topological polar surface area (TPSA) is 115 Å². The molecule has 0 bridgehead atoms. The van der Waals surface area contributed by atoms with Gasteiger partial charge >= 0.3 is 17.9 Å². The Morgan fingerprint density at radius 3 is 2.05 bits per heavy atom. The van der Waals surface area contributed by atoms with E-state index in [9.17, 15) is 19.8 Å². The number of hydrogen-bond acceptors (Lipinski definition) is 8. The summed E-state index contributed by atoms with van der Waals surface area (Å²) in [6, 6.07) is 0. The molecule has 1 saturated heterocycles. The first-order valence-corrected chi connectivity index (χ1v) is 6.53. The maximum Gasteiger partial charge on any atom is 0.404 e. The van der Waals surface area contributed by atoms with Crippen LogP contribution in [0.2, 0.25) is 0 Å². The van der Waals surface area contributed by atoms with Gasteiger partial charge in [0.25, 0.3) is 0 Å². The second-order valence-electron chi connectivity index (χ2n) is 4.93. The number of ether oxygens (including phenoxy) is 4. The summed E-state index contributed by atoms with van der Waals surface area (Å²) in [7, 11) is 0. The molecular formula is C14H20O8. The SMILES string of the molecule is C=C(C)C(=O)OC(O)(OC(=O)C(=C)C)C(CO)OCC1CO1. The van der Waals surface area contributed by atoms with Gasteiger partial charge in [0.05, 0.1) is 19.8 Å². The molecule has 2 atom stereocenters. The molecule has 0 amide bonds. The van der Waals surface area contributed by atoms with Crippen molar-refractivity contribution in [2.45, 2.75) is 32.0 Å². The minimum absolute atomic E-state index is 0.0305. The molecule has 0 aromatic rings. The summed E-state index contributed by atoms with van der Waals surface area (Å²) in [5.41, 5.74) is -0.0703. The quantitative estimate of drug-likeness (QED) is 0.257. The predicted octanol–water partition coefficient (Wildman–Crippen LogP) is -0.353. The Bertz CT molecular complexity index is 437. The highest BCUT2D eigenvalue weighted by molar-refractivity contribution is 5.88. The van der Waals surface area contributed by atoms with Crippen molar-refractivity contribution in [3.05, 3.63) is 24.3 Å². The standard InChI is InChI=1S/C14H20O8/c1-8(2)12(16)21-14(18,22-13(17)9(3)4)11(5-15)20-7-10-6-19-10/h10-11,15,18H,1,3,5-7H2,2,4H3. The van der Waals surface area contributed by atoms with E-state index in [1.807, 2.05) is 0 Å². The van der Waals surface area contributed by atoms with Crippen molar-refractivity contribution in [2.24, 2.45) is 0 Å². The van der Waals surface area contributed by atoms with Crippen LogP contribution >= 0.6 is 0 Å². The minimum Gasteiger partial charge on any atom is -0.393 e. The van der Waals surface area contributed by atoms with Gasteiger partial charge in [-0.2, -0.15) is 0 Å². The Kier molecular flexibility index (Phi) is 6.24. The average Bonchev–Trinajstić information content (AvgIpc) is 3.22. The van der Waals surface area contributed by atoms with Gasteiger partial charge in [-0.15, -0.1) is 0 Å². The summed E-state index contributed by atoms with van der Waals surface area (Å²) < 4.78 is 19.6. The summed E-state index contributed by atoms with van der Waals surface area (Å²) in [6.45, 7) is 9.14. The third-order valence-corrected chi connectivity index (χ3v) is 2.63. The third kappa shape index (κ3) is 5.23. The summed E-state index contributed by atoms with van der Waals surface area (Å²) in [6.07, 6.45) is -1.68. The fourth-order valence-electron chi connectivity index (χ4n) is 1.25. The van der Waals surface area contributed by atoms with Crippen LogP contribution in [-0.2, 0) is 28.5 Å². The average molecular weight is 316 g/mol. The van der Waals surface area contributed by atoms with Crippen LogP contribution in [0, 0.1) is 0 Å². The van der Waals surface area contributed by atoms with E-state index in [0.717, 1.165) is 0 Å². The Labute approximate surface area is 127 Å². The van der Waals surface area contributed by atoms with Crippen LogP contribution < -0.4 is 0 Å². The zero-order valence-corrected chi connectivity index (χ0v) is 12.5. The van der Waals surface area contributed by atoms with Crippen LogP contribution in [0.15, 0.2) is 24.3 Å². The fourth-order valence-corrected chi connectivity index (χ4v) is 1.25. The molecule has 0 radical (unpaired) electrons. The molecule has 0 aromatic carbocycles. The molecular weight excluding hydrogens is 296 g/mol. The highest BCUT2D eigenvalue weighted by Gasteiger charge is 2.47. The van der Waals surface area contributed by atoms with Gasteiger partial charge in [-0.3, -0.25) is 0 Å². The summed E-state index contributed by atoms with van der Waals surface area (Å²) in [5, 5.41) is 19.7. The van der Waals surface area contributed by atoms with Crippen LogP contribution in [0.1, 0.15) is 13.8 Å². The lowest BCUT2D eigenvalue weighted by Gasteiger charge is -2.32. The molecule has 124 valence electrons. The van der Waals surface area contributed by atoms with Crippen molar-refractivity contribution >= 4 is 11.9 Å². The molecule has 2 unspecified atom stereocenters. The molecule has 1 aliphatic rings. The Morgan fingerprint density at radius 1 is 1.27 bits per heavy atom. The Balaban J connectivity index is 2.88. The number of hydrogen-bond donors (Lipinski definition) is 2. The maximum atomic E-state index is 11.6. The van der Waals surface area contributed by atoms with Crippen LogP contribution in [0.4, 0.5) is 0 Å². The van der Waals surface area contributed by atoms with E-state index < -0.39 is 30.6 Å². The maximum absolute atomic E-state index is 11.6. The number of esters is 2. The lowest BCUT2D eigenvalue weighted by molar-refractivity contribution is -0.367.